The van der Waals surface area contributed by atoms with E-state index in [-0.39, 0.29) is 17.3 Å². The molecule has 0 spiro atoms. The Labute approximate surface area is 106 Å². The van der Waals surface area contributed by atoms with Gasteiger partial charge < -0.3 is 5.11 Å². The van der Waals surface area contributed by atoms with E-state index in [2.05, 4.69) is 13.8 Å². The summed E-state index contributed by atoms with van der Waals surface area (Å²) >= 11 is 0. The first-order valence-corrected chi connectivity index (χ1v) is 6.59. The zero-order chi connectivity index (χ0) is 13.1. The van der Waals surface area contributed by atoms with Crippen molar-refractivity contribution in [3.8, 4) is 0 Å². The molecule has 0 radical (unpaired) electrons. The van der Waals surface area contributed by atoms with E-state index in [1.807, 2.05) is 0 Å². The van der Waals surface area contributed by atoms with Crippen LogP contribution < -0.4 is 0 Å². The number of hydrogen-bond acceptors (Lipinski definition) is 1. The summed E-state index contributed by atoms with van der Waals surface area (Å²) in [4.78, 5) is 0. The normalized spacial score (nSPS) is 33.1. The van der Waals surface area contributed by atoms with Gasteiger partial charge in [0.05, 0.1) is 6.10 Å². The molecule has 0 amide bonds. The lowest BCUT2D eigenvalue weighted by molar-refractivity contribution is 0.0444. The molecular formula is C15H18F2O. The Balaban J connectivity index is 2.16. The summed E-state index contributed by atoms with van der Waals surface area (Å²) in [5.41, 5.74) is 1.45. The number of benzene rings is 1. The summed E-state index contributed by atoms with van der Waals surface area (Å²) in [6, 6.07) is 2.48. The van der Waals surface area contributed by atoms with Crippen molar-refractivity contribution in [3.05, 3.63) is 34.9 Å². The van der Waals surface area contributed by atoms with Gasteiger partial charge in [0, 0.05) is 0 Å². The molecule has 3 atom stereocenters. The molecule has 0 unspecified atom stereocenters. The van der Waals surface area contributed by atoms with E-state index in [0.29, 0.717) is 5.56 Å². The van der Waals surface area contributed by atoms with Crippen LogP contribution in [0.4, 0.5) is 8.78 Å². The van der Waals surface area contributed by atoms with Crippen LogP contribution in [0.2, 0.25) is 0 Å². The van der Waals surface area contributed by atoms with Crippen LogP contribution in [-0.4, -0.2) is 5.11 Å². The maximum absolute atomic E-state index is 13.5. The van der Waals surface area contributed by atoms with Gasteiger partial charge in [-0.2, -0.15) is 0 Å². The summed E-state index contributed by atoms with van der Waals surface area (Å²) in [7, 11) is 0. The van der Waals surface area contributed by atoms with Crippen molar-refractivity contribution in [3.63, 3.8) is 0 Å². The summed E-state index contributed by atoms with van der Waals surface area (Å²) in [6.07, 6.45) is 2.44. The molecule has 1 nitrogen and oxygen atoms in total. The van der Waals surface area contributed by atoms with Crippen molar-refractivity contribution >= 4 is 0 Å². The minimum atomic E-state index is -0.857. The summed E-state index contributed by atoms with van der Waals surface area (Å²) in [6.45, 7) is 4.32. The van der Waals surface area contributed by atoms with Gasteiger partial charge in [0.1, 0.15) is 0 Å². The van der Waals surface area contributed by atoms with Gasteiger partial charge >= 0.3 is 0 Å². The first-order chi connectivity index (χ1) is 8.42. The van der Waals surface area contributed by atoms with Gasteiger partial charge in [0.25, 0.3) is 0 Å². The average molecular weight is 252 g/mol. The molecular weight excluding hydrogens is 234 g/mol. The van der Waals surface area contributed by atoms with Gasteiger partial charge in [-0.15, -0.1) is 0 Å². The van der Waals surface area contributed by atoms with Crippen LogP contribution in [-0.2, 0) is 0 Å². The lowest BCUT2D eigenvalue weighted by Crippen LogP contribution is -2.31. The molecule has 2 aliphatic rings. The van der Waals surface area contributed by atoms with E-state index in [1.54, 1.807) is 0 Å². The van der Waals surface area contributed by atoms with Crippen LogP contribution in [0.15, 0.2) is 12.1 Å². The molecule has 1 N–H and O–H groups in total. The Morgan fingerprint density at radius 3 is 2.44 bits per heavy atom. The minimum absolute atomic E-state index is 0.0411. The van der Waals surface area contributed by atoms with Crippen LogP contribution in [0.3, 0.4) is 0 Å². The molecule has 2 aliphatic carbocycles. The van der Waals surface area contributed by atoms with E-state index < -0.39 is 17.7 Å². The Hall–Kier alpha value is -0.960. The second-order valence-corrected chi connectivity index (χ2v) is 6.36. The van der Waals surface area contributed by atoms with Gasteiger partial charge in [0.15, 0.2) is 11.6 Å². The monoisotopic (exact) mass is 252 g/mol. The molecule has 1 saturated carbocycles. The molecule has 1 aromatic carbocycles. The van der Waals surface area contributed by atoms with Gasteiger partial charge in [0.2, 0.25) is 0 Å². The third-order valence-corrected chi connectivity index (χ3v) is 4.81. The highest BCUT2D eigenvalue weighted by atomic mass is 19.2. The molecule has 98 valence electrons. The van der Waals surface area contributed by atoms with Gasteiger partial charge in [-0.25, -0.2) is 8.78 Å². The quantitative estimate of drug-likeness (QED) is 0.742. The Morgan fingerprint density at radius 2 is 1.78 bits per heavy atom. The van der Waals surface area contributed by atoms with Crippen molar-refractivity contribution in [1.29, 1.82) is 0 Å². The highest BCUT2D eigenvalue weighted by Gasteiger charge is 2.49. The maximum atomic E-state index is 13.5. The van der Waals surface area contributed by atoms with Gasteiger partial charge in [-0.3, -0.25) is 0 Å². The second kappa shape index (κ2) is 3.77. The second-order valence-electron chi connectivity index (χ2n) is 6.36. The number of halogens is 2. The zero-order valence-corrected chi connectivity index (χ0v) is 10.7. The predicted octanol–water partition coefficient (Wildman–Crippen LogP) is 3.92. The van der Waals surface area contributed by atoms with Crippen LogP contribution in [0, 0.1) is 23.0 Å². The number of aliphatic hydroxyl groups is 1. The van der Waals surface area contributed by atoms with Crippen LogP contribution in [0.25, 0.3) is 0 Å². The van der Waals surface area contributed by atoms with Crippen LogP contribution in [0.5, 0.6) is 0 Å². The number of fused-ring (bicyclic) bond motifs is 3. The molecule has 3 rings (SSSR count). The third kappa shape index (κ3) is 1.53. The van der Waals surface area contributed by atoms with E-state index >= 15 is 0 Å². The first kappa shape index (κ1) is 12.1. The van der Waals surface area contributed by atoms with E-state index in [9.17, 15) is 13.9 Å². The number of hydrogen-bond donors (Lipinski definition) is 1. The minimum Gasteiger partial charge on any atom is -0.388 e. The fraction of sp³-hybridized carbons (Fsp3) is 0.600. The lowest BCUT2D eigenvalue weighted by Gasteiger charge is -2.41. The van der Waals surface area contributed by atoms with E-state index in [4.69, 9.17) is 0 Å². The highest BCUT2D eigenvalue weighted by molar-refractivity contribution is 5.41. The topological polar surface area (TPSA) is 20.2 Å². The molecule has 3 heteroatoms. The van der Waals surface area contributed by atoms with Crippen molar-refractivity contribution < 1.29 is 13.9 Å². The summed E-state index contributed by atoms with van der Waals surface area (Å²) < 4.78 is 26.8. The Bertz CT molecular complexity index is 496. The van der Waals surface area contributed by atoms with Gasteiger partial charge in [-0.1, -0.05) is 20.3 Å². The van der Waals surface area contributed by atoms with Gasteiger partial charge in [-0.05, 0) is 53.4 Å². The molecule has 0 aliphatic heterocycles. The lowest BCUT2D eigenvalue weighted by atomic mass is 9.63. The molecule has 1 fully saturated rings. The van der Waals surface area contributed by atoms with Crippen molar-refractivity contribution in [2.75, 3.05) is 0 Å². The smallest absolute Gasteiger partial charge is 0.159 e. The number of aliphatic hydroxyl groups excluding tert-OH is 1. The van der Waals surface area contributed by atoms with Crippen molar-refractivity contribution in [2.45, 2.75) is 45.1 Å². The van der Waals surface area contributed by atoms with E-state index in [1.165, 1.54) is 12.1 Å². The van der Waals surface area contributed by atoms with Crippen LogP contribution >= 0.6 is 0 Å². The molecule has 18 heavy (non-hydrogen) atoms. The molecule has 0 heterocycles. The zero-order valence-electron chi connectivity index (χ0n) is 10.7. The van der Waals surface area contributed by atoms with Crippen molar-refractivity contribution in [2.24, 2.45) is 11.3 Å². The Morgan fingerprint density at radius 1 is 1.17 bits per heavy atom. The molecule has 1 aromatic rings. The van der Waals surface area contributed by atoms with Crippen molar-refractivity contribution in [1.82, 2.24) is 0 Å². The predicted molar refractivity (Wildman–Crippen MR) is 65.2 cm³/mol. The first-order valence-electron chi connectivity index (χ1n) is 6.59. The summed E-state index contributed by atoms with van der Waals surface area (Å²) in [5, 5.41) is 10.3. The maximum Gasteiger partial charge on any atom is 0.159 e. The fourth-order valence-electron chi connectivity index (χ4n) is 4.02. The molecule has 0 aromatic heterocycles. The number of rotatable bonds is 0. The van der Waals surface area contributed by atoms with Crippen LogP contribution in [0.1, 0.15) is 56.3 Å². The van der Waals surface area contributed by atoms with E-state index in [0.717, 1.165) is 24.8 Å². The highest BCUT2D eigenvalue weighted by Crippen LogP contribution is 2.59. The average Bonchev–Trinajstić information content (AvgIpc) is 2.55. The SMILES string of the molecule is CC1(C)CCC[C@@H]2[C@H](O)c3cc(F)c(F)cc3[C@@H]21. The molecule has 0 bridgehead atoms. The summed E-state index contributed by atoms with van der Waals surface area (Å²) in [5.74, 6) is -1.40. The standard InChI is InChI=1S/C15H18F2O/c1-15(2)5-3-4-8-13(15)9-6-11(16)12(17)7-10(9)14(8)18/h6-8,13-14,18H,3-5H2,1-2H3/t8-,13+,14-/m0/s1. The Kier molecular flexibility index (Phi) is 2.53. The fourth-order valence-corrected chi connectivity index (χ4v) is 4.02. The third-order valence-electron chi connectivity index (χ3n) is 4.81. The molecule has 0 saturated heterocycles. The largest absolute Gasteiger partial charge is 0.388 e.